The average molecular weight is 367 g/mol. The van der Waals surface area contributed by atoms with E-state index < -0.39 is 11.8 Å². The van der Waals surface area contributed by atoms with Gasteiger partial charge in [-0.25, -0.2) is 0 Å². The summed E-state index contributed by atoms with van der Waals surface area (Å²) in [5.41, 5.74) is 6.66. The average Bonchev–Trinajstić information content (AvgIpc) is 3.50. The van der Waals surface area contributed by atoms with Crippen molar-refractivity contribution in [3.63, 3.8) is 0 Å². The fourth-order valence-electron chi connectivity index (χ4n) is 2.38. The number of hydrogen-bond donors (Lipinski definition) is 3. The molecular formula is C20H21N3O4. The Kier molecular flexibility index (Phi) is 5.71. The highest BCUT2D eigenvalue weighted by atomic mass is 16.5. The van der Waals surface area contributed by atoms with Crippen LogP contribution in [0.1, 0.15) is 28.8 Å². The predicted octanol–water partition coefficient (Wildman–Crippen LogP) is 2.18. The third-order valence-electron chi connectivity index (χ3n) is 4.04. The van der Waals surface area contributed by atoms with Crippen LogP contribution in [0.4, 0.5) is 5.69 Å². The third-order valence-corrected chi connectivity index (χ3v) is 4.04. The molecule has 0 heterocycles. The SMILES string of the molecule is Cc1cccc(OCC(=O)NNC(=O)c2ccc(NC(=O)C3CC3)cc2)c1. The van der Waals surface area contributed by atoms with Crippen LogP contribution in [-0.4, -0.2) is 24.3 Å². The van der Waals surface area contributed by atoms with Crippen LogP contribution >= 0.6 is 0 Å². The quantitative estimate of drug-likeness (QED) is 0.682. The lowest BCUT2D eigenvalue weighted by atomic mass is 10.2. The van der Waals surface area contributed by atoms with Gasteiger partial charge in [0, 0.05) is 17.2 Å². The first-order chi connectivity index (χ1) is 13.0. The minimum atomic E-state index is -0.474. The van der Waals surface area contributed by atoms with Crippen LogP contribution in [0.15, 0.2) is 48.5 Å². The minimum absolute atomic E-state index is 0.00748. The minimum Gasteiger partial charge on any atom is -0.484 e. The summed E-state index contributed by atoms with van der Waals surface area (Å²) in [4.78, 5) is 35.6. The zero-order valence-electron chi connectivity index (χ0n) is 15.0. The maximum absolute atomic E-state index is 12.1. The molecule has 0 bridgehead atoms. The van der Waals surface area contributed by atoms with Crippen LogP contribution in [0.5, 0.6) is 5.75 Å². The van der Waals surface area contributed by atoms with E-state index in [1.165, 1.54) is 0 Å². The number of amides is 3. The Morgan fingerprint density at radius 3 is 2.44 bits per heavy atom. The Labute approximate surface area is 157 Å². The molecule has 3 N–H and O–H groups in total. The van der Waals surface area contributed by atoms with Crippen molar-refractivity contribution in [2.75, 3.05) is 11.9 Å². The van der Waals surface area contributed by atoms with Crippen LogP contribution in [0.2, 0.25) is 0 Å². The maximum Gasteiger partial charge on any atom is 0.276 e. The highest BCUT2D eigenvalue weighted by Gasteiger charge is 2.29. The molecule has 1 aliphatic rings. The van der Waals surface area contributed by atoms with Gasteiger partial charge >= 0.3 is 0 Å². The molecule has 3 amide bonds. The van der Waals surface area contributed by atoms with Crippen molar-refractivity contribution in [2.45, 2.75) is 19.8 Å². The summed E-state index contributed by atoms with van der Waals surface area (Å²) in [6.07, 6.45) is 1.86. The normalized spacial score (nSPS) is 12.8. The maximum atomic E-state index is 12.1. The second-order valence-corrected chi connectivity index (χ2v) is 6.45. The largest absolute Gasteiger partial charge is 0.484 e. The molecule has 0 aromatic heterocycles. The van der Waals surface area contributed by atoms with E-state index in [2.05, 4.69) is 16.2 Å². The fourth-order valence-corrected chi connectivity index (χ4v) is 2.38. The zero-order chi connectivity index (χ0) is 19.2. The summed E-state index contributed by atoms with van der Waals surface area (Å²) in [5.74, 6) is -0.226. The Morgan fingerprint density at radius 1 is 1.04 bits per heavy atom. The van der Waals surface area contributed by atoms with Crippen molar-refractivity contribution >= 4 is 23.4 Å². The first-order valence-corrected chi connectivity index (χ1v) is 8.71. The Hall–Kier alpha value is -3.35. The highest BCUT2D eigenvalue weighted by Crippen LogP contribution is 2.30. The molecule has 0 aliphatic heterocycles. The van der Waals surface area contributed by atoms with Crippen molar-refractivity contribution < 1.29 is 19.1 Å². The van der Waals surface area contributed by atoms with Gasteiger partial charge < -0.3 is 10.1 Å². The van der Waals surface area contributed by atoms with E-state index in [0.717, 1.165) is 18.4 Å². The van der Waals surface area contributed by atoms with Gasteiger partial charge in [-0.05, 0) is 61.7 Å². The molecule has 3 rings (SSSR count). The summed E-state index contributed by atoms with van der Waals surface area (Å²) in [7, 11) is 0. The molecule has 7 heteroatoms. The third kappa shape index (κ3) is 5.57. The van der Waals surface area contributed by atoms with Gasteiger partial charge in [-0.2, -0.15) is 0 Å². The second-order valence-electron chi connectivity index (χ2n) is 6.45. The van der Waals surface area contributed by atoms with E-state index in [0.29, 0.717) is 17.0 Å². The van der Waals surface area contributed by atoms with Gasteiger partial charge in [0.15, 0.2) is 6.61 Å². The van der Waals surface area contributed by atoms with Gasteiger partial charge in [-0.3, -0.25) is 25.2 Å². The lowest BCUT2D eigenvalue weighted by Crippen LogP contribution is -2.43. The number of ether oxygens (including phenoxy) is 1. The van der Waals surface area contributed by atoms with Gasteiger partial charge in [-0.15, -0.1) is 0 Å². The van der Waals surface area contributed by atoms with Crippen molar-refractivity contribution in [1.82, 2.24) is 10.9 Å². The second kappa shape index (κ2) is 8.35. The number of aryl methyl sites for hydroxylation is 1. The molecule has 0 atom stereocenters. The molecule has 140 valence electrons. The summed E-state index contributed by atoms with van der Waals surface area (Å²) in [6.45, 7) is 1.71. The molecule has 1 aliphatic carbocycles. The number of rotatable bonds is 6. The molecule has 7 nitrogen and oxygen atoms in total. The van der Waals surface area contributed by atoms with Gasteiger partial charge in [0.1, 0.15) is 5.75 Å². The number of anilines is 1. The van der Waals surface area contributed by atoms with Gasteiger partial charge in [0.25, 0.3) is 11.8 Å². The van der Waals surface area contributed by atoms with Gasteiger partial charge in [0.05, 0.1) is 0 Å². The molecule has 1 fully saturated rings. The van der Waals surface area contributed by atoms with Gasteiger partial charge in [-0.1, -0.05) is 12.1 Å². The fraction of sp³-hybridized carbons (Fsp3) is 0.250. The number of carbonyl (C=O) groups excluding carboxylic acids is 3. The van der Waals surface area contributed by atoms with E-state index in [-0.39, 0.29) is 18.4 Å². The Bertz CT molecular complexity index is 845. The first-order valence-electron chi connectivity index (χ1n) is 8.71. The van der Waals surface area contributed by atoms with E-state index in [1.807, 2.05) is 25.1 Å². The molecule has 0 saturated heterocycles. The zero-order valence-corrected chi connectivity index (χ0v) is 15.0. The monoisotopic (exact) mass is 367 g/mol. The van der Waals surface area contributed by atoms with E-state index >= 15 is 0 Å². The molecule has 0 spiro atoms. The topological polar surface area (TPSA) is 96.5 Å². The number of hydrogen-bond acceptors (Lipinski definition) is 4. The summed E-state index contributed by atoms with van der Waals surface area (Å²) >= 11 is 0. The van der Waals surface area contributed by atoms with Crippen molar-refractivity contribution in [3.8, 4) is 5.75 Å². The van der Waals surface area contributed by atoms with Gasteiger partial charge in [0.2, 0.25) is 5.91 Å². The standard InChI is InChI=1S/C20H21N3O4/c1-13-3-2-4-17(11-13)27-12-18(24)22-23-20(26)15-7-9-16(10-8-15)21-19(25)14-5-6-14/h2-4,7-11,14H,5-6,12H2,1H3,(H,21,25)(H,22,24)(H,23,26). The molecule has 2 aromatic carbocycles. The number of benzene rings is 2. The first kappa shape index (κ1) is 18.4. The molecule has 2 aromatic rings. The van der Waals surface area contributed by atoms with Crippen LogP contribution in [0.3, 0.4) is 0 Å². The van der Waals surface area contributed by atoms with Crippen LogP contribution in [-0.2, 0) is 9.59 Å². The smallest absolute Gasteiger partial charge is 0.276 e. The van der Waals surface area contributed by atoms with Crippen molar-refractivity contribution in [1.29, 1.82) is 0 Å². The van der Waals surface area contributed by atoms with E-state index in [4.69, 9.17) is 4.74 Å². The highest BCUT2D eigenvalue weighted by molar-refractivity contribution is 5.97. The van der Waals surface area contributed by atoms with E-state index in [1.54, 1.807) is 30.3 Å². The number of carbonyl (C=O) groups is 3. The van der Waals surface area contributed by atoms with E-state index in [9.17, 15) is 14.4 Å². The molecule has 1 saturated carbocycles. The predicted molar refractivity (Wildman–Crippen MR) is 100 cm³/mol. The number of nitrogens with one attached hydrogen (secondary N) is 3. The van der Waals surface area contributed by atoms with Crippen LogP contribution in [0, 0.1) is 12.8 Å². The van der Waals surface area contributed by atoms with Crippen LogP contribution < -0.4 is 20.9 Å². The lowest BCUT2D eigenvalue weighted by Gasteiger charge is -2.10. The Morgan fingerprint density at radius 2 is 1.78 bits per heavy atom. The summed E-state index contributed by atoms with van der Waals surface area (Å²) in [6, 6.07) is 13.8. The molecule has 0 unspecified atom stereocenters. The summed E-state index contributed by atoms with van der Waals surface area (Å²) in [5, 5.41) is 2.80. The molecule has 27 heavy (non-hydrogen) atoms. The summed E-state index contributed by atoms with van der Waals surface area (Å²) < 4.78 is 5.36. The van der Waals surface area contributed by atoms with Crippen molar-refractivity contribution in [2.24, 2.45) is 5.92 Å². The van der Waals surface area contributed by atoms with Crippen LogP contribution in [0.25, 0.3) is 0 Å². The Balaban J connectivity index is 1.42. The molecule has 0 radical (unpaired) electrons. The lowest BCUT2D eigenvalue weighted by molar-refractivity contribution is -0.123. The van der Waals surface area contributed by atoms with Crippen molar-refractivity contribution in [3.05, 3.63) is 59.7 Å². The number of hydrazine groups is 1. The molecular weight excluding hydrogens is 346 g/mol.